The Morgan fingerprint density at radius 3 is 2.90 bits per heavy atom. The van der Waals surface area contributed by atoms with Crippen LogP contribution in [0, 0.1) is 17.1 Å². The summed E-state index contributed by atoms with van der Waals surface area (Å²) in [7, 11) is 0. The summed E-state index contributed by atoms with van der Waals surface area (Å²) in [6, 6.07) is 7.84. The highest BCUT2D eigenvalue weighted by Crippen LogP contribution is 2.23. The molecular weight excluding hydrogens is 399 g/mol. The number of aryl methyl sites for hydroxylation is 1. The lowest BCUT2D eigenvalue weighted by Gasteiger charge is -1.98. The van der Waals surface area contributed by atoms with Crippen molar-refractivity contribution in [1.82, 2.24) is 15.1 Å². The molecule has 1 atom stereocenters. The number of nitriles is 1. The second-order valence-electron chi connectivity index (χ2n) is 5.95. The van der Waals surface area contributed by atoms with Gasteiger partial charge in [0.1, 0.15) is 16.8 Å². The maximum atomic E-state index is 13.2. The Bertz CT molecular complexity index is 1030. The fourth-order valence-electron chi connectivity index (χ4n) is 2.53. The first-order valence-corrected chi connectivity index (χ1v) is 9.35. The molecule has 2 aromatic rings. The van der Waals surface area contributed by atoms with Gasteiger partial charge in [0, 0.05) is 17.3 Å². The van der Waals surface area contributed by atoms with Crippen molar-refractivity contribution in [3.05, 3.63) is 41.8 Å². The number of amides is 1. The van der Waals surface area contributed by atoms with Crippen LogP contribution in [-0.4, -0.2) is 43.4 Å². The van der Waals surface area contributed by atoms with Crippen LogP contribution in [0.3, 0.4) is 0 Å². The number of rotatable bonds is 7. The molecule has 0 bridgehead atoms. The van der Waals surface area contributed by atoms with E-state index >= 15 is 0 Å². The molecule has 0 saturated carbocycles. The number of hydrogen-bond donors (Lipinski definition) is 2. The van der Waals surface area contributed by atoms with Gasteiger partial charge in [-0.1, -0.05) is 11.8 Å². The number of benzene rings is 1. The third-order valence-corrected chi connectivity index (χ3v) is 4.91. The smallest absolute Gasteiger partial charge is 0.305 e. The first-order valence-electron chi connectivity index (χ1n) is 8.47. The number of aromatic nitrogens is 2. The van der Waals surface area contributed by atoms with Crippen molar-refractivity contribution >= 4 is 35.0 Å². The van der Waals surface area contributed by atoms with E-state index in [-0.39, 0.29) is 23.8 Å². The van der Waals surface area contributed by atoms with Crippen LogP contribution in [0.25, 0.3) is 11.3 Å². The Kier molecular flexibility index (Phi) is 6.36. The number of carbonyl (C=O) groups is 2. The van der Waals surface area contributed by atoms with E-state index in [2.05, 4.69) is 20.6 Å². The van der Waals surface area contributed by atoms with Gasteiger partial charge in [0.05, 0.1) is 31.7 Å². The zero-order chi connectivity index (χ0) is 20.8. The Morgan fingerprint density at radius 2 is 2.21 bits per heavy atom. The van der Waals surface area contributed by atoms with Crippen molar-refractivity contribution in [2.45, 2.75) is 24.6 Å². The van der Waals surface area contributed by atoms with Gasteiger partial charge >= 0.3 is 5.97 Å². The van der Waals surface area contributed by atoms with Gasteiger partial charge in [0.2, 0.25) is 5.91 Å². The van der Waals surface area contributed by atoms with E-state index in [1.54, 1.807) is 23.0 Å². The molecule has 9 nitrogen and oxygen atoms in total. The van der Waals surface area contributed by atoms with Crippen molar-refractivity contribution in [3.8, 4) is 17.3 Å². The Hall–Kier alpha value is -3.52. The fourth-order valence-corrected chi connectivity index (χ4v) is 3.45. The first kappa shape index (κ1) is 20.2. The van der Waals surface area contributed by atoms with Gasteiger partial charge in [0.15, 0.2) is 5.17 Å². The standard InChI is InChI=1S/C18H15FN6O3S/c19-13-4-2-11(3-5-13)16-12(10-25(24-16)7-1-6-20)9-21-23-18-22-17(28)14(29-18)8-15(26)27/h2-5,9-10,14H,1,7-8H2,(H,26,27)(H,22,23,28)/b21-9-/t14-/m1/s1. The Labute approximate surface area is 168 Å². The second kappa shape index (κ2) is 9.11. The summed E-state index contributed by atoms with van der Waals surface area (Å²) in [6.07, 6.45) is 3.09. The molecule has 1 aromatic carbocycles. The van der Waals surface area contributed by atoms with E-state index in [0.717, 1.165) is 11.8 Å². The van der Waals surface area contributed by atoms with Crippen LogP contribution in [0.4, 0.5) is 4.39 Å². The number of carbonyl (C=O) groups excluding carboxylic acids is 1. The third kappa shape index (κ3) is 5.26. The lowest BCUT2D eigenvalue weighted by molar-refractivity contribution is -0.138. The first-order chi connectivity index (χ1) is 14.0. The summed E-state index contributed by atoms with van der Waals surface area (Å²) in [4.78, 5) is 22.5. The van der Waals surface area contributed by atoms with Crippen LogP contribution in [0.1, 0.15) is 18.4 Å². The zero-order valence-corrected chi connectivity index (χ0v) is 15.8. The lowest BCUT2D eigenvalue weighted by Crippen LogP contribution is -2.26. The minimum Gasteiger partial charge on any atom is -0.481 e. The number of hydrogen-bond acceptors (Lipinski definition) is 7. The summed E-state index contributed by atoms with van der Waals surface area (Å²) in [5.41, 5.74) is 1.80. The molecule has 3 rings (SSSR count). The van der Waals surface area contributed by atoms with Crippen LogP contribution in [0.2, 0.25) is 0 Å². The maximum absolute atomic E-state index is 13.2. The third-order valence-electron chi connectivity index (χ3n) is 3.84. The Morgan fingerprint density at radius 1 is 1.45 bits per heavy atom. The number of thioether (sulfide) groups is 1. The molecule has 148 valence electrons. The predicted molar refractivity (Wildman–Crippen MR) is 105 cm³/mol. The number of amidine groups is 1. The van der Waals surface area contributed by atoms with Crippen LogP contribution in [-0.2, 0) is 16.1 Å². The molecule has 1 saturated heterocycles. The highest BCUT2D eigenvalue weighted by Gasteiger charge is 2.32. The van der Waals surface area contributed by atoms with E-state index in [1.165, 1.54) is 18.3 Å². The van der Waals surface area contributed by atoms with Crippen molar-refractivity contribution in [3.63, 3.8) is 0 Å². The largest absolute Gasteiger partial charge is 0.481 e. The van der Waals surface area contributed by atoms with Crippen LogP contribution in [0.5, 0.6) is 0 Å². The highest BCUT2D eigenvalue weighted by molar-refractivity contribution is 8.15. The van der Waals surface area contributed by atoms with Crippen LogP contribution >= 0.6 is 11.8 Å². The Balaban J connectivity index is 1.81. The molecule has 0 unspecified atom stereocenters. The molecule has 1 fully saturated rings. The summed E-state index contributed by atoms with van der Waals surface area (Å²) in [6.45, 7) is 0.385. The number of halogens is 1. The van der Waals surface area contributed by atoms with Gasteiger partial charge in [-0.3, -0.25) is 14.3 Å². The number of carboxylic acids is 1. The minimum atomic E-state index is -1.07. The minimum absolute atomic E-state index is 0.206. The number of carboxylic acid groups (broad SMARTS) is 1. The molecule has 0 radical (unpaired) electrons. The van der Waals surface area contributed by atoms with E-state index in [1.807, 2.05) is 6.07 Å². The normalized spacial score (nSPS) is 17.6. The fraction of sp³-hybridized carbons (Fsp3) is 0.222. The molecule has 29 heavy (non-hydrogen) atoms. The molecular formula is C18H15FN6O3S. The lowest BCUT2D eigenvalue weighted by atomic mass is 10.1. The van der Waals surface area contributed by atoms with Crippen molar-refractivity contribution in [2.75, 3.05) is 0 Å². The second-order valence-corrected chi connectivity index (χ2v) is 7.15. The van der Waals surface area contributed by atoms with Gasteiger partial charge in [-0.25, -0.2) is 4.39 Å². The number of aliphatic carboxylic acids is 1. The molecule has 1 aliphatic heterocycles. The average molecular weight is 414 g/mol. The molecule has 2 N–H and O–H groups in total. The van der Waals surface area contributed by atoms with E-state index in [4.69, 9.17) is 10.4 Å². The van der Waals surface area contributed by atoms with Crippen molar-refractivity contribution < 1.29 is 19.1 Å². The number of nitrogens with one attached hydrogen (secondary N) is 1. The van der Waals surface area contributed by atoms with E-state index in [0.29, 0.717) is 23.4 Å². The zero-order valence-electron chi connectivity index (χ0n) is 14.9. The highest BCUT2D eigenvalue weighted by atomic mass is 32.2. The van der Waals surface area contributed by atoms with Crippen molar-refractivity contribution in [1.29, 1.82) is 5.26 Å². The predicted octanol–water partition coefficient (Wildman–Crippen LogP) is 2.00. The maximum Gasteiger partial charge on any atom is 0.305 e. The summed E-state index contributed by atoms with van der Waals surface area (Å²) >= 11 is 0.997. The molecule has 0 aliphatic carbocycles. The molecule has 1 aliphatic rings. The molecule has 1 aromatic heterocycles. The quantitative estimate of drug-likeness (QED) is 0.526. The summed E-state index contributed by atoms with van der Waals surface area (Å²) in [5.74, 6) is -1.87. The SMILES string of the molecule is N#CCCn1cc(/C=N\N=C2/NC(=O)[C@@H](CC(=O)O)S2)c(-c2ccc(F)cc2)n1. The summed E-state index contributed by atoms with van der Waals surface area (Å²) in [5, 5.41) is 31.8. The van der Waals surface area contributed by atoms with Gasteiger partial charge in [-0.05, 0) is 24.3 Å². The van der Waals surface area contributed by atoms with E-state index < -0.39 is 17.1 Å². The monoisotopic (exact) mass is 414 g/mol. The average Bonchev–Trinajstić information content (AvgIpc) is 3.24. The van der Waals surface area contributed by atoms with Crippen LogP contribution < -0.4 is 5.32 Å². The topological polar surface area (TPSA) is 133 Å². The van der Waals surface area contributed by atoms with Gasteiger partial charge < -0.3 is 10.4 Å². The van der Waals surface area contributed by atoms with Gasteiger partial charge in [-0.2, -0.15) is 15.5 Å². The molecule has 1 amide bonds. The summed E-state index contributed by atoms with van der Waals surface area (Å²) < 4.78 is 14.8. The van der Waals surface area contributed by atoms with Gasteiger partial charge in [-0.15, -0.1) is 5.10 Å². The molecule has 11 heteroatoms. The molecule has 0 spiro atoms. The number of nitrogens with zero attached hydrogens (tertiary/aromatic N) is 5. The molecule has 2 heterocycles. The van der Waals surface area contributed by atoms with E-state index in [9.17, 15) is 14.0 Å². The van der Waals surface area contributed by atoms with Gasteiger partial charge in [0.25, 0.3) is 0 Å². The van der Waals surface area contributed by atoms with Crippen molar-refractivity contribution in [2.24, 2.45) is 10.2 Å². The van der Waals surface area contributed by atoms with Crippen LogP contribution in [0.15, 0.2) is 40.7 Å².